The molecule has 0 aliphatic heterocycles. The maximum absolute atomic E-state index is 11.5. The smallest absolute Gasteiger partial charge is 0.240 e. The zero-order chi connectivity index (χ0) is 13.1. The Balaban J connectivity index is 2.10. The highest BCUT2D eigenvalue weighted by Gasteiger charge is 2.27. The fourth-order valence-corrected chi connectivity index (χ4v) is 1.88. The highest BCUT2D eigenvalue weighted by Crippen LogP contribution is 2.38. The molecule has 5 nitrogen and oxygen atoms in total. The molecule has 1 aromatic rings. The maximum atomic E-state index is 11.5. The Bertz CT molecular complexity index is 431. The molecule has 1 aliphatic rings. The van der Waals surface area contributed by atoms with Gasteiger partial charge in [0, 0.05) is 12.1 Å². The van der Waals surface area contributed by atoms with Crippen molar-refractivity contribution in [2.45, 2.75) is 45.1 Å². The first-order valence-corrected chi connectivity index (χ1v) is 6.50. The lowest BCUT2D eigenvalue weighted by atomic mass is 9.99. The second-order valence-electron chi connectivity index (χ2n) is 4.98. The number of anilines is 1. The summed E-state index contributed by atoms with van der Waals surface area (Å²) in [4.78, 5) is 20.1. The van der Waals surface area contributed by atoms with Gasteiger partial charge in [-0.15, -0.1) is 0 Å². The number of rotatable bonds is 6. The largest absolute Gasteiger partial charge is 0.368 e. The molecule has 1 saturated carbocycles. The number of hydrogen-bond acceptors (Lipinski definition) is 4. The molecule has 18 heavy (non-hydrogen) atoms. The van der Waals surface area contributed by atoms with Crippen LogP contribution in [0.15, 0.2) is 12.3 Å². The van der Waals surface area contributed by atoms with Gasteiger partial charge in [0.1, 0.15) is 17.7 Å². The van der Waals surface area contributed by atoms with Gasteiger partial charge < -0.3 is 11.1 Å². The van der Waals surface area contributed by atoms with Crippen LogP contribution in [0.25, 0.3) is 0 Å². The van der Waals surface area contributed by atoms with Crippen molar-refractivity contribution in [1.29, 1.82) is 0 Å². The number of nitrogens with one attached hydrogen (secondary N) is 1. The van der Waals surface area contributed by atoms with Crippen molar-refractivity contribution < 1.29 is 4.79 Å². The van der Waals surface area contributed by atoms with E-state index in [0.717, 1.165) is 25.1 Å². The lowest BCUT2D eigenvalue weighted by molar-refractivity contribution is -0.119. The average molecular weight is 248 g/mol. The van der Waals surface area contributed by atoms with Crippen LogP contribution < -0.4 is 11.1 Å². The molecule has 1 aliphatic carbocycles. The van der Waals surface area contributed by atoms with Gasteiger partial charge >= 0.3 is 0 Å². The summed E-state index contributed by atoms with van der Waals surface area (Å²) in [5.41, 5.74) is 5.43. The van der Waals surface area contributed by atoms with E-state index in [9.17, 15) is 4.79 Å². The summed E-state index contributed by atoms with van der Waals surface area (Å²) in [6, 6.07) is 1.40. The predicted molar refractivity (Wildman–Crippen MR) is 70.1 cm³/mol. The van der Waals surface area contributed by atoms with Gasteiger partial charge in [-0.25, -0.2) is 9.97 Å². The minimum Gasteiger partial charge on any atom is -0.368 e. The molecule has 3 N–H and O–H groups in total. The Hall–Kier alpha value is -1.65. The first-order chi connectivity index (χ1) is 8.61. The quantitative estimate of drug-likeness (QED) is 0.802. The highest BCUT2D eigenvalue weighted by atomic mass is 16.1. The van der Waals surface area contributed by atoms with Crippen molar-refractivity contribution in [3.8, 4) is 0 Å². The van der Waals surface area contributed by atoms with Crippen molar-refractivity contribution >= 4 is 11.7 Å². The third kappa shape index (κ3) is 2.97. The summed E-state index contributed by atoms with van der Waals surface area (Å²) in [5.74, 6) is 1.91. The molecule has 98 valence electrons. The van der Waals surface area contributed by atoms with Gasteiger partial charge in [-0.05, 0) is 24.8 Å². The SMILES string of the molecule is CCC(C)C(Nc1ccnc(C2CC2)n1)C(N)=O. The average Bonchev–Trinajstić information content (AvgIpc) is 3.19. The Morgan fingerprint density at radius 2 is 2.33 bits per heavy atom. The zero-order valence-corrected chi connectivity index (χ0v) is 10.9. The third-order valence-electron chi connectivity index (χ3n) is 3.44. The Labute approximate surface area is 107 Å². The summed E-state index contributed by atoms with van der Waals surface area (Å²) < 4.78 is 0. The Kier molecular flexibility index (Phi) is 3.79. The molecule has 2 rings (SSSR count). The van der Waals surface area contributed by atoms with Gasteiger partial charge in [0.05, 0.1) is 0 Å². The first kappa shape index (κ1) is 12.8. The van der Waals surface area contributed by atoms with E-state index in [4.69, 9.17) is 5.73 Å². The van der Waals surface area contributed by atoms with E-state index in [-0.39, 0.29) is 17.9 Å². The molecule has 0 bridgehead atoms. The number of hydrogen-bond donors (Lipinski definition) is 2. The van der Waals surface area contributed by atoms with E-state index in [1.54, 1.807) is 12.3 Å². The summed E-state index contributed by atoms with van der Waals surface area (Å²) in [5, 5.41) is 3.13. The number of amides is 1. The van der Waals surface area contributed by atoms with Crippen LogP contribution in [0.4, 0.5) is 5.82 Å². The molecule has 1 amide bonds. The van der Waals surface area contributed by atoms with Gasteiger partial charge in [0.25, 0.3) is 0 Å². The maximum Gasteiger partial charge on any atom is 0.240 e. The molecule has 0 saturated heterocycles. The Morgan fingerprint density at radius 3 is 2.89 bits per heavy atom. The van der Waals surface area contributed by atoms with Crippen molar-refractivity contribution in [3.05, 3.63) is 18.1 Å². The number of nitrogens with two attached hydrogens (primary N) is 1. The second kappa shape index (κ2) is 5.33. The van der Waals surface area contributed by atoms with E-state index in [1.165, 1.54) is 0 Å². The molecule has 0 aromatic carbocycles. The van der Waals surface area contributed by atoms with Crippen molar-refractivity contribution in [3.63, 3.8) is 0 Å². The fraction of sp³-hybridized carbons (Fsp3) is 0.615. The predicted octanol–water partition coefficient (Wildman–Crippen LogP) is 1.67. The molecule has 1 aromatic heterocycles. The summed E-state index contributed by atoms with van der Waals surface area (Å²) >= 11 is 0. The van der Waals surface area contributed by atoms with E-state index in [2.05, 4.69) is 15.3 Å². The topological polar surface area (TPSA) is 80.9 Å². The number of aromatic nitrogens is 2. The van der Waals surface area contributed by atoms with Gasteiger partial charge in [0.2, 0.25) is 5.91 Å². The van der Waals surface area contributed by atoms with Crippen LogP contribution in [0.2, 0.25) is 0 Å². The van der Waals surface area contributed by atoms with Crippen LogP contribution in [0.3, 0.4) is 0 Å². The lowest BCUT2D eigenvalue weighted by Gasteiger charge is -2.21. The summed E-state index contributed by atoms with van der Waals surface area (Å²) in [7, 11) is 0. The van der Waals surface area contributed by atoms with Crippen LogP contribution in [0, 0.1) is 5.92 Å². The summed E-state index contributed by atoms with van der Waals surface area (Å²) in [6.07, 6.45) is 4.95. The fourth-order valence-electron chi connectivity index (χ4n) is 1.88. The highest BCUT2D eigenvalue weighted by molar-refractivity contribution is 5.82. The first-order valence-electron chi connectivity index (χ1n) is 6.50. The minimum absolute atomic E-state index is 0.182. The molecular formula is C13H20N4O. The van der Waals surface area contributed by atoms with Crippen LogP contribution in [-0.4, -0.2) is 21.9 Å². The van der Waals surface area contributed by atoms with E-state index in [1.807, 2.05) is 13.8 Å². The molecule has 5 heteroatoms. The zero-order valence-electron chi connectivity index (χ0n) is 10.9. The van der Waals surface area contributed by atoms with Crippen LogP contribution >= 0.6 is 0 Å². The van der Waals surface area contributed by atoms with Crippen molar-refractivity contribution in [1.82, 2.24) is 9.97 Å². The molecule has 2 unspecified atom stereocenters. The van der Waals surface area contributed by atoms with Crippen molar-refractivity contribution in [2.75, 3.05) is 5.32 Å². The van der Waals surface area contributed by atoms with E-state index < -0.39 is 0 Å². The summed E-state index contributed by atoms with van der Waals surface area (Å²) in [6.45, 7) is 4.04. The third-order valence-corrected chi connectivity index (χ3v) is 3.44. The second-order valence-corrected chi connectivity index (χ2v) is 4.98. The van der Waals surface area contributed by atoms with Crippen LogP contribution in [-0.2, 0) is 4.79 Å². The van der Waals surface area contributed by atoms with E-state index >= 15 is 0 Å². The molecule has 0 spiro atoms. The normalized spacial score (nSPS) is 18.1. The monoisotopic (exact) mass is 248 g/mol. The molecule has 0 radical (unpaired) electrons. The van der Waals surface area contributed by atoms with E-state index in [0.29, 0.717) is 11.7 Å². The number of carbonyl (C=O) groups is 1. The number of carbonyl (C=O) groups excluding carboxylic acids is 1. The molecule has 1 fully saturated rings. The molecule has 1 heterocycles. The van der Waals surface area contributed by atoms with Crippen LogP contribution in [0.1, 0.15) is 44.9 Å². The van der Waals surface area contributed by atoms with Gasteiger partial charge in [0.15, 0.2) is 0 Å². The Morgan fingerprint density at radius 1 is 1.61 bits per heavy atom. The van der Waals surface area contributed by atoms with Gasteiger partial charge in [-0.2, -0.15) is 0 Å². The van der Waals surface area contributed by atoms with Crippen LogP contribution in [0.5, 0.6) is 0 Å². The van der Waals surface area contributed by atoms with Gasteiger partial charge in [-0.1, -0.05) is 20.3 Å². The minimum atomic E-state index is -0.378. The molecular weight excluding hydrogens is 228 g/mol. The van der Waals surface area contributed by atoms with Gasteiger partial charge in [-0.3, -0.25) is 4.79 Å². The van der Waals surface area contributed by atoms with Crippen molar-refractivity contribution in [2.24, 2.45) is 11.7 Å². The number of primary amides is 1. The lowest BCUT2D eigenvalue weighted by Crippen LogP contribution is -2.40. The number of nitrogens with zero attached hydrogens (tertiary/aromatic N) is 2. The standard InChI is InChI=1S/C13H20N4O/c1-3-8(2)11(12(14)18)16-10-6-7-15-13(17-10)9-4-5-9/h6-9,11H,3-5H2,1-2H3,(H2,14,18)(H,15,16,17). The molecule has 2 atom stereocenters.